The zero-order valence-electron chi connectivity index (χ0n) is 14.7. The molecule has 7 heteroatoms. The number of esters is 1. The van der Waals surface area contributed by atoms with Crippen molar-refractivity contribution >= 4 is 33.7 Å². The summed E-state index contributed by atoms with van der Waals surface area (Å²) in [5, 5.41) is 0. The molecule has 0 aliphatic heterocycles. The minimum Gasteiger partial charge on any atom is -0.452 e. The van der Waals surface area contributed by atoms with Crippen molar-refractivity contribution in [2.24, 2.45) is 0 Å². The average Bonchev–Trinajstić information content (AvgIpc) is 2.57. The zero-order valence-corrected chi connectivity index (χ0v) is 16.3. The van der Waals surface area contributed by atoms with E-state index in [4.69, 9.17) is 4.74 Å². The lowest BCUT2D eigenvalue weighted by Gasteiger charge is -2.11. The molecule has 0 spiro atoms. The van der Waals surface area contributed by atoms with Gasteiger partial charge in [0.25, 0.3) is 11.8 Å². The van der Waals surface area contributed by atoms with Crippen molar-refractivity contribution in [2.75, 3.05) is 6.61 Å². The predicted octanol–water partition coefficient (Wildman–Crippen LogP) is 2.99. The van der Waals surface area contributed by atoms with Crippen LogP contribution in [0.1, 0.15) is 37.4 Å². The molecule has 2 amide bonds. The van der Waals surface area contributed by atoms with Crippen molar-refractivity contribution in [2.45, 2.75) is 20.8 Å². The van der Waals surface area contributed by atoms with Gasteiger partial charge in [0, 0.05) is 10.0 Å². The Morgan fingerprint density at radius 1 is 0.962 bits per heavy atom. The van der Waals surface area contributed by atoms with Gasteiger partial charge >= 0.3 is 5.97 Å². The van der Waals surface area contributed by atoms with Crippen molar-refractivity contribution < 1.29 is 19.1 Å². The maximum atomic E-state index is 12.2. The van der Waals surface area contributed by atoms with E-state index in [1.54, 1.807) is 24.3 Å². The lowest BCUT2D eigenvalue weighted by atomic mass is 10.00. The van der Waals surface area contributed by atoms with E-state index in [2.05, 4.69) is 26.8 Å². The molecule has 0 atom stereocenters. The maximum absolute atomic E-state index is 12.2. The van der Waals surface area contributed by atoms with Gasteiger partial charge in [0.2, 0.25) is 0 Å². The van der Waals surface area contributed by atoms with Crippen molar-refractivity contribution in [3.05, 3.63) is 68.7 Å². The third-order valence-electron chi connectivity index (χ3n) is 3.64. The van der Waals surface area contributed by atoms with Crippen molar-refractivity contribution in [1.82, 2.24) is 10.9 Å². The third-order valence-corrected chi connectivity index (χ3v) is 4.17. The molecule has 2 aromatic carbocycles. The zero-order chi connectivity index (χ0) is 19.3. The van der Waals surface area contributed by atoms with Crippen LogP contribution in [0.15, 0.2) is 40.9 Å². The van der Waals surface area contributed by atoms with Crippen LogP contribution in [0.4, 0.5) is 0 Å². The van der Waals surface area contributed by atoms with E-state index in [1.807, 2.05) is 32.9 Å². The van der Waals surface area contributed by atoms with Crippen molar-refractivity contribution in [1.29, 1.82) is 0 Å². The number of rotatable bonds is 4. The van der Waals surface area contributed by atoms with E-state index < -0.39 is 24.4 Å². The Hall–Kier alpha value is -2.67. The number of nitrogens with one attached hydrogen (secondary N) is 2. The topological polar surface area (TPSA) is 84.5 Å². The van der Waals surface area contributed by atoms with E-state index in [9.17, 15) is 14.4 Å². The molecule has 2 aromatic rings. The number of amides is 2. The molecule has 0 saturated carbocycles. The highest BCUT2D eigenvalue weighted by Crippen LogP contribution is 2.17. The second-order valence-corrected chi connectivity index (χ2v) is 6.77. The lowest BCUT2D eigenvalue weighted by Crippen LogP contribution is -2.43. The summed E-state index contributed by atoms with van der Waals surface area (Å²) in [4.78, 5) is 35.9. The molecule has 0 bridgehead atoms. The lowest BCUT2D eigenvalue weighted by molar-refractivity contribution is -0.125. The van der Waals surface area contributed by atoms with Crippen LogP contribution < -0.4 is 10.9 Å². The van der Waals surface area contributed by atoms with Gasteiger partial charge in [0.1, 0.15) is 0 Å². The third kappa shape index (κ3) is 5.16. The van der Waals surface area contributed by atoms with Crippen molar-refractivity contribution in [3.63, 3.8) is 0 Å². The molecule has 2 rings (SSSR count). The quantitative estimate of drug-likeness (QED) is 0.590. The minimum absolute atomic E-state index is 0.386. The molecule has 0 aliphatic carbocycles. The summed E-state index contributed by atoms with van der Waals surface area (Å²) in [6.45, 7) is 5.08. The van der Waals surface area contributed by atoms with Gasteiger partial charge in [-0.1, -0.05) is 33.6 Å². The second-order valence-electron chi connectivity index (χ2n) is 5.86. The predicted molar refractivity (Wildman–Crippen MR) is 101 cm³/mol. The number of aryl methyl sites for hydroxylation is 3. The number of hydrazine groups is 1. The van der Waals surface area contributed by atoms with Crippen LogP contribution in [0.5, 0.6) is 0 Å². The Kier molecular flexibility index (Phi) is 6.52. The van der Waals surface area contributed by atoms with Crippen LogP contribution in [0, 0.1) is 20.8 Å². The van der Waals surface area contributed by atoms with Crippen LogP contribution in [0.25, 0.3) is 0 Å². The van der Waals surface area contributed by atoms with E-state index in [-0.39, 0.29) is 0 Å². The first-order valence-electron chi connectivity index (χ1n) is 7.87. The molecule has 0 aliphatic rings. The van der Waals surface area contributed by atoms with E-state index in [0.29, 0.717) is 11.1 Å². The van der Waals surface area contributed by atoms with Gasteiger partial charge in [-0.2, -0.15) is 0 Å². The Balaban J connectivity index is 1.86. The average molecular weight is 419 g/mol. The van der Waals surface area contributed by atoms with Gasteiger partial charge in [0.05, 0.1) is 5.56 Å². The first kappa shape index (κ1) is 19.7. The molecule has 0 radical (unpaired) electrons. The van der Waals surface area contributed by atoms with Gasteiger partial charge in [-0.15, -0.1) is 0 Å². The van der Waals surface area contributed by atoms with Gasteiger partial charge in [0.15, 0.2) is 6.61 Å². The summed E-state index contributed by atoms with van der Waals surface area (Å²) in [6, 6.07) is 10.4. The molecule has 0 heterocycles. The highest BCUT2D eigenvalue weighted by molar-refractivity contribution is 9.10. The van der Waals surface area contributed by atoms with Gasteiger partial charge < -0.3 is 4.74 Å². The molecule has 6 nitrogen and oxygen atoms in total. The SMILES string of the molecule is Cc1cc(C)c(C(=O)OCC(=O)NNC(=O)c2ccc(Br)cc2)c(C)c1. The summed E-state index contributed by atoms with van der Waals surface area (Å²) >= 11 is 3.27. The number of hydrogen-bond donors (Lipinski definition) is 2. The highest BCUT2D eigenvalue weighted by Gasteiger charge is 2.16. The Bertz CT molecular complexity index is 824. The number of benzene rings is 2. The first-order valence-corrected chi connectivity index (χ1v) is 8.67. The van der Waals surface area contributed by atoms with Crippen LogP contribution in [0.2, 0.25) is 0 Å². The van der Waals surface area contributed by atoms with Gasteiger partial charge in [-0.25, -0.2) is 4.79 Å². The summed E-state index contributed by atoms with van der Waals surface area (Å²) < 4.78 is 5.88. The molecule has 0 unspecified atom stereocenters. The number of hydrogen-bond acceptors (Lipinski definition) is 4. The highest BCUT2D eigenvalue weighted by atomic mass is 79.9. The Morgan fingerprint density at radius 3 is 2.12 bits per heavy atom. The molecule has 26 heavy (non-hydrogen) atoms. The molecule has 0 aromatic heterocycles. The molecule has 0 saturated heterocycles. The maximum Gasteiger partial charge on any atom is 0.339 e. The monoisotopic (exact) mass is 418 g/mol. The summed E-state index contributed by atoms with van der Waals surface area (Å²) in [7, 11) is 0. The first-order chi connectivity index (χ1) is 12.3. The van der Waals surface area contributed by atoms with Gasteiger partial charge in [-0.3, -0.25) is 20.4 Å². The fourth-order valence-electron chi connectivity index (χ4n) is 2.54. The van der Waals surface area contributed by atoms with Crippen LogP contribution in [0.3, 0.4) is 0 Å². The minimum atomic E-state index is -0.633. The number of carbonyl (C=O) groups is 3. The van der Waals surface area contributed by atoms with Crippen LogP contribution in [-0.2, 0) is 9.53 Å². The second kappa shape index (κ2) is 8.62. The van der Waals surface area contributed by atoms with E-state index in [0.717, 1.165) is 21.2 Å². The normalized spacial score (nSPS) is 10.2. The number of ether oxygens (including phenoxy) is 1. The Morgan fingerprint density at radius 2 is 1.54 bits per heavy atom. The number of carbonyl (C=O) groups excluding carboxylic acids is 3. The molecular weight excluding hydrogens is 400 g/mol. The molecular formula is C19H19BrN2O4. The van der Waals surface area contributed by atoms with Crippen molar-refractivity contribution in [3.8, 4) is 0 Å². The molecule has 136 valence electrons. The summed E-state index contributed by atoms with van der Waals surface area (Å²) in [5.41, 5.74) is 7.94. The summed E-state index contributed by atoms with van der Waals surface area (Å²) in [5.74, 6) is -1.68. The Labute approximate surface area is 160 Å². The molecule has 0 fully saturated rings. The number of halogens is 1. The summed E-state index contributed by atoms with van der Waals surface area (Å²) in [6.07, 6.45) is 0. The molecule has 2 N–H and O–H groups in total. The fourth-order valence-corrected chi connectivity index (χ4v) is 2.81. The van der Waals surface area contributed by atoms with Crippen LogP contribution >= 0.6 is 15.9 Å². The standard InChI is InChI=1S/C19H19BrN2O4/c1-11-8-12(2)17(13(3)9-11)19(25)26-10-16(23)21-22-18(24)14-4-6-15(20)7-5-14/h4-9H,10H2,1-3H3,(H,21,23)(H,22,24). The smallest absolute Gasteiger partial charge is 0.339 e. The van der Waals surface area contributed by atoms with Gasteiger partial charge in [-0.05, 0) is 56.2 Å². The van der Waals surface area contributed by atoms with E-state index in [1.165, 1.54) is 0 Å². The van der Waals surface area contributed by atoms with Crippen LogP contribution in [-0.4, -0.2) is 24.4 Å². The van der Waals surface area contributed by atoms with E-state index >= 15 is 0 Å². The fraction of sp³-hybridized carbons (Fsp3) is 0.211. The largest absolute Gasteiger partial charge is 0.452 e.